The van der Waals surface area contributed by atoms with Crippen molar-refractivity contribution in [3.05, 3.63) is 89.7 Å². The number of hydrogen-bond acceptors (Lipinski definition) is 4. The summed E-state index contributed by atoms with van der Waals surface area (Å²) in [4.78, 5) is 21.2. The van der Waals surface area contributed by atoms with Crippen LogP contribution in [0.3, 0.4) is 0 Å². The molecule has 1 aromatic heterocycles. The number of carbonyl (C=O) groups is 1. The molecule has 4 aromatic rings. The summed E-state index contributed by atoms with van der Waals surface area (Å²) in [6, 6.07) is 23.5. The molecule has 0 radical (unpaired) electrons. The molecule has 29 heavy (non-hydrogen) atoms. The molecule has 144 valence electrons. The van der Waals surface area contributed by atoms with E-state index < -0.39 is 0 Å². The van der Waals surface area contributed by atoms with Gasteiger partial charge in [0.2, 0.25) is 5.91 Å². The first kappa shape index (κ1) is 18.6. The van der Waals surface area contributed by atoms with Crippen LogP contribution in [0.15, 0.2) is 72.8 Å². The van der Waals surface area contributed by atoms with Crippen molar-refractivity contribution in [1.82, 2.24) is 9.97 Å². The molecule has 1 amide bonds. The third kappa shape index (κ3) is 4.58. The van der Waals surface area contributed by atoms with Crippen LogP contribution in [0, 0.1) is 13.8 Å². The van der Waals surface area contributed by atoms with E-state index in [2.05, 4.69) is 15.3 Å². The molecule has 0 saturated carbocycles. The lowest BCUT2D eigenvalue weighted by molar-refractivity contribution is -0.115. The zero-order valence-corrected chi connectivity index (χ0v) is 16.3. The second-order valence-corrected chi connectivity index (χ2v) is 6.93. The van der Waals surface area contributed by atoms with Crippen molar-refractivity contribution in [2.75, 3.05) is 5.32 Å². The second kappa shape index (κ2) is 8.10. The molecular weight excluding hydrogens is 362 g/mol. The van der Waals surface area contributed by atoms with E-state index in [4.69, 9.17) is 4.74 Å². The highest BCUT2D eigenvalue weighted by molar-refractivity contribution is 5.96. The first-order valence-electron chi connectivity index (χ1n) is 9.43. The summed E-state index contributed by atoms with van der Waals surface area (Å²) >= 11 is 0. The molecule has 0 fully saturated rings. The number of fused-ring (bicyclic) bond motifs is 1. The van der Waals surface area contributed by atoms with Gasteiger partial charge in [-0.15, -0.1) is 0 Å². The van der Waals surface area contributed by atoms with Gasteiger partial charge in [-0.05, 0) is 48.4 Å². The standard InChI is InChI=1S/C24H21N3O2/c1-16-13-17(2)26-24(25-16)29-21-11-6-10-20(15-21)27-23(28)14-19-9-5-8-18-7-3-4-12-22(18)19/h3-13,15H,14H2,1-2H3,(H,27,28). The quantitative estimate of drug-likeness (QED) is 0.513. The Labute approximate surface area is 169 Å². The maximum Gasteiger partial charge on any atom is 0.322 e. The van der Waals surface area contributed by atoms with Crippen LogP contribution in [0.1, 0.15) is 17.0 Å². The molecule has 0 saturated heterocycles. The molecule has 1 N–H and O–H groups in total. The molecule has 0 unspecified atom stereocenters. The van der Waals surface area contributed by atoms with Gasteiger partial charge in [0.25, 0.3) is 0 Å². The monoisotopic (exact) mass is 383 g/mol. The molecular formula is C24H21N3O2. The van der Waals surface area contributed by atoms with Gasteiger partial charge >= 0.3 is 6.01 Å². The van der Waals surface area contributed by atoms with Gasteiger partial charge in [-0.3, -0.25) is 4.79 Å². The van der Waals surface area contributed by atoms with E-state index in [-0.39, 0.29) is 5.91 Å². The van der Waals surface area contributed by atoms with Gasteiger partial charge in [-0.25, -0.2) is 9.97 Å². The van der Waals surface area contributed by atoms with Crippen molar-refractivity contribution in [3.63, 3.8) is 0 Å². The molecule has 0 bridgehead atoms. The molecule has 0 aliphatic rings. The number of aryl methyl sites for hydroxylation is 2. The molecule has 4 rings (SSSR count). The summed E-state index contributed by atoms with van der Waals surface area (Å²) in [6.45, 7) is 3.79. The number of amides is 1. The predicted octanol–water partition coefficient (Wildman–Crippen LogP) is 5.22. The lowest BCUT2D eigenvalue weighted by Crippen LogP contribution is -2.14. The lowest BCUT2D eigenvalue weighted by atomic mass is 10.0. The fourth-order valence-electron chi connectivity index (χ4n) is 3.31. The minimum absolute atomic E-state index is 0.0823. The second-order valence-electron chi connectivity index (χ2n) is 6.93. The Kier molecular flexibility index (Phi) is 5.20. The van der Waals surface area contributed by atoms with Crippen molar-refractivity contribution in [3.8, 4) is 11.8 Å². The zero-order chi connectivity index (χ0) is 20.2. The zero-order valence-electron chi connectivity index (χ0n) is 16.3. The van der Waals surface area contributed by atoms with Crippen LogP contribution in [0.5, 0.6) is 11.8 Å². The van der Waals surface area contributed by atoms with Crippen LogP contribution in [0.2, 0.25) is 0 Å². The van der Waals surface area contributed by atoms with E-state index in [1.54, 1.807) is 12.1 Å². The van der Waals surface area contributed by atoms with Gasteiger partial charge in [0, 0.05) is 23.1 Å². The van der Waals surface area contributed by atoms with Crippen LogP contribution in [0.25, 0.3) is 10.8 Å². The minimum atomic E-state index is -0.0823. The van der Waals surface area contributed by atoms with Crippen LogP contribution >= 0.6 is 0 Å². The minimum Gasteiger partial charge on any atom is -0.424 e. The van der Waals surface area contributed by atoms with Gasteiger partial charge in [-0.2, -0.15) is 0 Å². The van der Waals surface area contributed by atoms with E-state index >= 15 is 0 Å². The summed E-state index contributed by atoms with van der Waals surface area (Å²) < 4.78 is 5.76. The van der Waals surface area contributed by atoms with Gasteiger partial charge in [0.1, 0.15) is 5.75 Å². The van der Waals surface area contributed by atoms with E-state index in [9.17, 15) is 4.79 Å². The highest BCUT2D eigenvalue weighted by Crippen LogP contribution is 2.23. The maximum absolute atomic E-state index is 12.6. The van der Waals surface area contributed by atoms with Gasteiger partial charge < -0.3 is 10.1 Å². The van der Waals surface area contributed by atoms with Crippen molar-refractivity contribution in [2.24, 2.45) is 0 Å². The number of anilines is 1. The Morgan fingerprint density at radius 2 is 1.62 bits per heavy atom. The van der Waals surface area contributed by atoms with Crippen molar-refractivity contribution in [1.29, 1.82) is 0 Å². The van der Waals surface area contributed by atoms with E-state index in [1.807, 2.05) is 74.5 Å². The molecule has 0 spiro atoms. The molecule has 3 aromatic carbocycles. The van der Waals surface area contributed by atoms with E-state index in [0.717, 1.165) is 27.7 Å². The normalized spacial score (nSPS) is 10.7. The smallest absolute Gasteiger partial charge is 0.322 e. The van der Waals surface area contributed by atoms with Crippen LogP contribution in [-0.2, 0) is 11.2 Å². The highest BCUT2D eigenvalue weighted by Gasteiger charge is 2.09. The van der Waals surface area contributed by atoms with Crippen molar-refractivity contribution >= 4 is 22.4 Å². The number of carbonyl (C=O) groups excluding carboxylic acids is 1. The summed E-state index contributed by atoms with van der Waals surface area (Å²) in [5, 5.41) is 5.16. The van der Waals surface area contributed by atoms with Crippen molar-refractivity contribution < 1.29 is 9.53 Å². The van der Waals surface area contributed by atoms with E-state index in [0.29, 0.717) is 23.9 Å². The Balaban J connectivity index is 1.48. The average Bonchev–Trinajstić information content (AvgIpc) is 2.68. The average molecular weight is 383 g/mol. The molecule has 0 aliphatic heterocycles. The Bertz CT molecular complexity index is 1160. The van der Waals surface area contributed by atoms with Crippen molar-refractivity contribution in [2.45, 2.75) is 20.3 Å². The molecule has 1 heterocycles. The highest BCUT2D eigenvalue weighted by atomic mass is 16.5. The van der Waals surface area contributed by atoms with Crippen LogP contribution in [-0.4, -0.2) is 15.9 Å². The number of nitrogens with zero attached hydrogens (tertiary/aromatic N) is 2. The predicted molar refractivity (Wildman–Crippen MR) is 114 cm³/mol. The van der Waals surface area contributed by atoms with Gasteiger partial charge in [0.15, 0.2) is 0 Å². The maximum atomic E-state index is 12.6. The van der Waals surface area contributed by atoms with E-state index in [1.165, 1.54) is 0 Å². The number of hydrogen-bond donors (Lipinski definition) is 1. The molecule has 0 aliphatic carbocycles. The fraction of sp³-hybridized carbons (Fsp3) is 0.125. The summed E-state index contributed by atoms with van der Waals surface area (Å²) in [6.07, 6.45) is 0.298. The topological polar surface area (TPSA) is 64.1 Å². The third-order valence-corrected chi connectivity index (χ3v) is 4.52. The summed E-state index contributed by atoms with van der Waals surface area (Å²) in [5.41, 5.74) is 3.34. The van der Waals surface area contributed by atoms with Gasteiger partial charge in [-0.1, -0.05) is 48.5 Å². The largest absolute Gasteiger partial charge is 0.424 e. The number of nitrogens with one attached hydrogen (secondary N) is 1. The Morgan fingerprint density at radius 1 is 0.897 bits per heavy atom. The SMILES string of the molecule is Cc1cc(C)nc(Oc2cccc(NC(=O)Cc3cccc4ccccc34)c2)n1. The van der Waals surface area contributed by atoms with Gasteiger partial charge in [0.05, 0.1) is 6.42 Å². The Morgan fingerprint density at radius 3 is 2.45 bits per heavy atom. The first-order valence-corrected chi connectivity index (χ1v) is 9.43. The van der Waals surface area contributed by atoms with Crippen LogP contribution < -0.4 is 10.1 Å². The molecule has 0 atom stereocenters. The molecule has 5 nitrogen and oxygen atoms in total. The first-order chi connectivity index (χ1) is 14.1. The summed E-state index contributed by atoms with van der Waals surface area (Å²) in [7, 11) is 0. The Hall–Kier alpha value is -3.73. The number of rotatable bonds is 5. The third-order valence-electron chi connectivity index (χ3n) is 4.52. The fourth-order valence-corrected chi connectivity index (χ4v) is 3.31. The van der Waals surface area contributed by atoms with Crippen LogP contribution in [0.4, 0.5) is 5.69 Å². The number of aromatic nitrogens is 2. The summed E-state index contributed by atoms with van der Waals surface area (Å²) in [5.74, 6) is 0.485. The lowest BCUT2D eigenvalue weighted by Gasteiger charge is -2.10. The molecule has 5 heteroatoms. The number of benzene rings is 3. The number of ether oxygens (including phenoxy) is 1.